The average molecular weight is 351 g/mol. The van der Waals surface area contributed by atoms with Gasteiger partial charge in [-0.25, -0.2) is 0 Å². The Hall–Kier alpha value is -1.36. The van der Waals surface area contributed by atoms with Gasteiger partial charge in [-0.2, -0.15) is 0 Å². The summed E-state index contributed by atoms with van der Waals surface area (Å²) in [5.41, 5.74) is 1.85. The summed E-state index contributed by atoms with van der Waals surface area (Å²) in [6.45, 7) is 4.21. The number of carbonyl (C=O) groups is 2. The van der Waals surface area contributed by atoms with Crippen LogP contribution in [0.25, 0.3) is 0 Å². The molecule has 4 nitrogen and oxygen atoms in total. The van der Waals surface area contributed by atoms with E-state index in [2.05, 4.69) is 21.2 Å². The van der Waals surface area contributed by atoms with Gasteiger partial charge in [-0.15, -0.1) is 0 Å². The predicted molar refractivity (Wildman–Crippen MR) is 84.1 cm³/mol. The van der Waals surface area contributed by atoms with Crippen molar-refractivity contribution in [2.75, 3.05) is 19.6 Å². The van der Waals surface area contributed by atoms with Gasteiger partial charge >= 0.3 is 0 Å². The Morgan fingerprint density at radius 3 is 2.62 bits per heavy atom. The molecule has 0 saturated carbocycles. The van der Waals surface area contributed by atoms with Crippen LogP contribution in [0.5, 0.6) is 0 Å². The van der Waals surface area contributed by atoms with Gasteiger partial charge in [0, 0.05) is 36.1 Å². The van der Waals surface area contributed by atoms with Gasteiger partial charge in [0.05, 0.1) is 0 Å². The monoisotopic (exact) mass is 350 g/mol. The van der Waals surface area contributed by atoms with Crippen LogP contribution in [0.3, 0.4) is 0 Å². The molecule has 0 atom stereocenters. The van der Waals surface area contributed by atoms with Crippen LogP contribution in [0.15, 0.2) is 22.7 Å². The van der Waals surface area contributed by atoms with E-state index in [1.165, 1.54) is 0 Å². The number of rotatable bonds is 1. The average Bonchev–Trinajstić information content (AvgIpc) is 2.80. The maximum absolute atomic E-state index is 12.6. The lowest BCUT2D eigenvalue weighted by Gasteiger charge is -2.38. The summed E-state index contributed by atoms with van der Waals surface area (Å²) in [5.74, 6) is 0.255. The number of carbonyl (C=O) groups excluding carboxylic acids is 2. The third-order valence-corrected chi connectivity index (χ3v) is 5.22. The van der Waals surface area contributed by atoms with Crippen molar-refractivity contribution in [1.29, 1.82) is 0 Å². The fraction of sp³-hybridized carbons (Fsp3) is 0.500. The molecule has 1 spiro atoms. The van der Waals surface area contributed by atoms with E-state index in [0.717, 1.165) is 48.1 Å². The molecular formula is C16H19BrN2O2. The summed E-state index contributed by atoms with van der Waals surface area (Å²) in [6.07, 6.45) is 2.44. The Labute approximate surface area is 133 Å². The van der Waals surface area contributed by atoms with Gasteiger partial charge in [-0.1, -0.05) is 15.9 Å². The van der Waals surface area contributed by atoms with Crippen LogP contribution in [-0.4, -0.2) is 36.3 Å². The number of hydrogen-bond donors (Lipinski definition) is 1. The fourth-order valence-electron chi connectivity index (χ4n) is 3.33. The molecule has 2 amide bonds. The highest BCUT2D eigenvalue weighted by Gasteiger charge is 2.41. The molecule has 5 heteroatoms. The zero-order valence-corrected chi connectivity index (χ0v) is 13.7. The van der Waals surface area contributed by atoms with Crippen molar-refractivity contribution >= 4 is 27.7 Å². The first kappa shape index (κ1) is 14.6. The smallest absolute Gasteiger partial charge is 0.254 e. The lowest BCUT2D eigenvalue weighted by Crippen LogP contribution is -2.44. The van der Waals surface area contributed by atoms with Gasteiger partial charge in [0.15, 0.2) is 0 Å². The molecule has 1 aromatic rings. The molecule has 0 aromatic heterocycles. The van der Waals surface area contributed by atoms with Crippen LogP contribution in [0, 0.1) is 12.3 Å². The number of piperidine rings is 1. The number of nitrogens with one attached hydrogen (secondary N) is 1. The largest absolute Gasteiger partial charge is 0.356 e. The standard InChI is InChI=1S/C16H19BrN2O2/c1-11-8-12(17)2-3-13(11)15(21)19-6-4-16(5-7-19)9-14(20)18-10-16/h2-3,8H,4-7,9-10H2,1H3,(H,18,20). The second kappa shape index (κ2) is 5.44. The van der Waals surface area contributed by atoms with Crippen molar-refractivity contribution in [2.45, 2.75) is 26.2 Å². The number of hydrogen-bond acceptors (Lipinski definition) is 2. The second-order valence-corrected chi connectivity index (χ2v) is 7.12. The highest BCUT2D eigenvalue weighted by atomic mass is 79.9. The van der Waals surface area contributed by atoms with Gasteiger partial charge in [0.2, 0.25) is 5.91 Å². The van der Waals surface area contributed by atoms with Gasteiger partial charge < -0.3 is 10.2 Å². The lowest BCUT2D eigenvalue weighted by atomic mass is 9.77. The van der Waals surface area contributed by atoms with Crippen LogP contribution in [0.4, 0.5) is 0 Å². The third-order valence-electron chi connectivity index (χ3n) is 4.73. The van der Waals surface area contributed by atoms with E-state index in [9.17, 15) is 9.59 Å². The van der Waals surface area contributed by atoms with Crippen LogP contribution in [0.2, 0.25) is 0 Å². The van der Waals surface area contributed by atoms with Crippen LogP contribution in [-0.2, 0) is 4.79 Å². The van der Waals surface area contributed by atoms with Crippen LogP contribution in [0.1, 0.15) is 35.2 Å². The van der Waals surface area contributed by atoms with Crippen LogP contribution < -0.4 is 5.32 Å². The van der Waals surface area contributed by atoms with Crippen molar-refractivity contribution in [1.82, 2.24) is 10.2 Å². The maximum atomic E-state index is 12.6. The topological polar surface area (TPSA) is 49.4 Å². The molecule has 0 unspecified atom stereocenters. The van der Waals surface area contributed by atoms with Crippen molar-refractivity contribution in [3.63, 3.8) is 0 Å². The number of amides is 2. The number of halogens is 1. The number of aryl methyl sites for hydroxylation is 1. The highest BCUT2D eigenvalue weighted by Crippen LogP contribution is 2.37. The normalized spacial score (nSPS) is 20.7. The summed E-state index contributed by atoms with van der Waals surface area (Å²) in [7, 11) is 0. The molecule has 2 aliphatic heterocycles. The SMILES string of the molecule is Cc1cc(Br)ccc1C(=O)N1CCC2(CC1)CNC(=O)C2. The Balaban J connectivity index is 1.69. The number of benzene rings is 1. The van der Waals surface area contributed by atoms with Crippen molar-refractivity contribution in [3.05, 3.63) is 33.8 Å². The van der Waals surface area contributed by atoms with E-state index in [4.69, 9.17) is 0 Å². The summed E-state index contributed by atoms with van der Waals surface area (Å²) in [6, 6.07) is 5.76. The molecule has 3 rings (SSSR count). The summed E-state index contributed by atoms with van der Waals surface area (Å²) in [4.78, 5) is 26.0. The number of nitrogens with zero attached hydrogens (tertiary/aromatic N) is 1. The lowest BCUT2D eigenvalue weighted by molar-refractivity contribution is -0.119. The summed E-state index contributed by atoms with van der Waals surface area (Å²) in [5, 5.41) is 2.92. The van der Waals surface area contributed by atoms with Gasteiger partial charge in [0.1, 0.15) is 0 Å². The Morgan fingerprint density at radius 1 is 1.33 bits per heavy atom. The van der Waals surface area contributed by atoms with Crippen LogP contribution >= 0.6 is 15.9 Å². The highest BCUT2D eigenvalue weighted by molar-refractivity contribution is 9.10. The molecule has 0 bridgehead atoms. The van der Waals surface area contributed by atoms with Crippen molar-refractivity contribution in [2.24, 2.45) is 5.41 Å². The molecule has 2 heterocycles. The molecular weight excluding hydrogens is 332 g/mol. The second-order valence-electron chi connectivity index (χ2n) is 6.20. The number of likely N-dealkylation sites (tertiary alicyclic amines) is 1. The van der Waals surface area contributed by atoms with E-state index >= 15 is 0 Å². The minimum absolute atomic E-state index is 0.0859. The molecule has 112 valence electrons. The zero-order valence-electron chi connectivity index (χ0n) is 12.1. The summed E-state index contributed by atoms with van der Waals surface area (Å²) >= 11 is 3.42. The van der Waals surface area contributed by atoms with E-state index in [1.807, 2.05) is 30.0 Å². The minimum Gasteiger partial charge on any atom is -0.356 e. The maximum Gasteiger partial charge on any atom is 0.254 e. The molecule has 21 heavy (non-hydrogen) atoms. The van der Waals surface area contributed by atoms with Gasteiger partial charge in [-0.05, 0) is 48.9 Å². The minimum atomic E-state index is 0.0859. The Kier molecular flexibility index (Phi) is 3.78. The zero-order chi connectivity index (χ0) is 15.0. The van der Waals surface area contributed by atoms with Gasteiger partial charge in [-0.3, -0.25) is 9.59 Å². The summed E-state index contributed by atoms with van der Waals surface area (Å²) < 4.78 is 0.990. The van der Waals surface area contributed by atoms with E-state index in [-0.39, 0.29) is 17.2 Å². The first-order valence-electron chi connectivity index (χ1n) is 7.31. The Bertz CT molecular complexity index is 592. The van der Waals surface area contributed by atoms with E-state index in [0.29, 0.717) is 6.42 Å². The molecule has 2 aliphatic rings. The predicted octanol–water partition coefficient (Wildman–Crippen LogP) is 2.50. The van der Waals surface area contributed by atoms with E-state index in [1.54, 1.807) is 0 Å². The third kappa shape index (κ3) is 2.84. The molecule has 0 aliphatic carbocycles. The fourth-order valence-corrected chi connectivity index (χ4v) is 3.80. The molecule has 2 saturated heterocycles. The first-order valence-corrected chi connectivity index (χ1v) is 8.11. The van der Waals surface area contributed by atoms with Crippen molar-refractivity contribution in [3.8, 4) is 0 Å². The van der Waals surface area contributed by atoms with Gasteiger partial charge in [0.25, 0.3) is 5.91 Å². The first-order chi connectivity index (χ1) is 9.99. The molecule has 2 fully saturated rings. The molecule has 0 radical (unpaired) electrons. The molecule has 1 aromatic carbocycles. The van der Waals surface area contributed by atoms with E-state index < -0.39 is 0 Å². The Morgan fingerprint density at radius 2 is 2.05 bits per heavy atom. The molecule has 1 N–H and O–H groups in total. The quantitative estimate of drug-likeness (QED) is 0.845. The van der Waals surface area contributed by atoms with Crippen molar-refractivity contribution < 1.29 is 9.59 Å².